The highest BCUT2D eigenvalue weighted by atomic mass is 79.9. The van der Waals surface area contributed by atoms with Gasteiger partial charge in [0.05, 0.1) is 6.04 Å². The molecule has 1 aromatic carbocycles. The number of likely N-dealkylation sites (tertiary alicyclic amines) is 1. The van der Waals surface area contributed by atoms with Crippen LogP contribution in [0.25, 0.3) is 0 Å². The molecule has 1 fully saturated rings. The first-order valence-electron chi connectivity index (χ1n) is 6.47. The number of benzene rings is 1. The van der Waals surface area contributed by atoms with Crippen molar-refractivity contribution in [2.75, 3.05) is 18.4 Å². The number of hydrogen-bond donors (Lipinski definition) is 1. The lowest BCUT2D eigenvalue weighted by atomic mass is 10.1. The van der Waals surface area contributed by atoms with Crippen LogP contribution in [-0.2, 0) is 4.79 Å². The standard InChI is InChI=1S/C14H19BrN2O/c1-11(17-9-3-2-4-10-17)14(18)16-13-7-5-12(15)6-8-13/h5-8,11H,2-4,9-10H2,1H3,(H,16,18). The molecule has 1 aliphatic heterocycles. The van der Waals surface area contributed by atoms with Gasteiger partial charge >= 0.3 is 0 Å². The maximum atomic E-state index is 12.1. The van der Waals surface area contributed by atoms with Gasteiger partial charge in [0.15, 0.2) is 0 Å². The van der Waals surface area contributed by atoms with Crippen LogP contribution in [0.5, 0.6) is 0 Å². The van der Waals surface area contributed by atoms with Gasteiger partial charge < -0.3 is 5.32 Å². The molecule has 98 valence electrons. The Hall–Kier alpha value is -0.870. The number of carbonyl (C=O) groups is 1. The molecule has 1 atom stereocenters. The van der Waals surface area contributed by atoms with Gasteiger partial charge in [-0.25, -0.2) is 0 Å². The summed E-state index contributed by atoms with van der Waals surface area (Å²) in [6.45, 7) is 4.06. The van der Waals surface area contributed by atoms with E-state index in [0.717, 1.165) is 23.2 Å². The predicted molar refractivity (Wildman–Crippen MR) is 77.7 cm³/mol. The number of carbonyl (C=O) groups excluding carboxylic acids is 1. The zero-order valence-electron chi connectivity index (χ0n) is 10.7. The Bertz CT molecular complexity index is 399. The van der Waals surface area contributed by atoms with E-state index in [1.165, 1.54) is 19.3 Å². The monoisotopic (exact) mass is 310 g/mol. The van der Waals surface area contributed by atoms with Crippen LogP contribution < -0.4 is 5.32 Å². The molecule has 0 spiro atoms. The molecule has 1 N–H and O–H groups in total. The van der Waals surface area contributed by atoms with Gasteiger partial charge in [-0.1, -0.05) is 22.4 Å². The van der Waals surface area contributed by atoms with Gasteiger partial charge in [0.25, 0.3) is 0 Å². The van der Waals surface area contributed by atoms with Gasteiger partial charge in [0.1, 0.15) is 0 Å². The molecular formula is C14H19BrN2O. The summed E-state index contributed by atoms with van der Waals surface area (Å²) in [5, 5.41) is 2.96. The summed E-state index contributed by atoms with van der Waals surface area (Å²) in [7, 11) is 0. The van der Waals surface area contributed by atoms with Gasteiger partial charge in [-0.3, -0.25) is 9.69 Å². The number of hydrogen-bond acceptors (Lipinski definition) is 2. The van der Waals surface area contributed by atoms with Crippen LogP contribution in [0.15, 0.2) is 28.7 Å². The van der Waals surface area contributed by atoms with Gasteiger partial charge in [-0.05, 0) is 57.1 Å². The molecular weight excluding hydrogens is 292 g/mol. The summed E-state index contributed by atoms with van der Waals surface area (Å²) in [4.78, 5) is 14.4. The van der Waals surface area contributed by atoms with Gasteiger partial charge in [-0.2, -0.15) is 0 Å². The third kappa shape index (κ3) is 3.56. The van der Waals surface area contributed by atoms with Crippen molar-refractivity contribution in [3.8, 4) is 0 Å². The molecule has 1 unspecified atom stereocenters. The number of nitrogens with zero attached hydrogens (tertiary/aromatic N) is 1. The summed E-state index contributed by atoms with van der Waals surface area (Å²) < 4.78 is 1.02. The van der Waals surface area contributed by atoms with Gasteiger partial charge in [-0.15, -0.1) is 0 Å². The third-order valence-corrected chi connectivity index (χ3v) is 3.96. The number of rotatable bonds is 3. The maximum Gasteiger partial charge on any atom is 0.241 e. The van der Waals surface area contributed by atoms with E-state index in [4.69, 9.17) is 0 Å². The highest BCUT2D eigenvalue weighted by molar-refractivity contribution is 9.10. The Labute approximate surface area is 117 Å². The first kappa shape index (κ1) is 13.6. The molecule has 2 rings (SSSR count). The summed E-state index contributed by atoms with van der Waals surface area (Å²) in [5.41, 5.74) is 0.854. The number of piperidine rings is 1. The number of nitrogens with one attached hydrogen (secondary N) is 1. The minimum atomic E-state index is -0.0473. The molecule has 0 aliphatic carbocycles. The molecule has 18 heavy (non-hydrogen) atoms. The minimum absolute atomic E-state index is 0.0473. The first-order valence-corrected chi connectivity index (χ1v) is 7.26. The van der Waals surface area contributed by atoms with Crippen LogP contribution >= 0.6 is 15.9 Å². The van der Waals surface area contributed by atoms with Crippen molar-refractivity contribution in [3.63, 3.8) is 0 Å². The first-order chi connectivity index (χ1) is 8.66. The van der Waals surface area contributed by atoms with Crippen LogP contribution in [-0.4, -0.2) is 29.9 Å². The van der Waals surface area contributed by atoms with Gasteiger partial charge in [0, 0.05) is 10.2 Å². The van der Waals surface area contributed by atoms with Crippen LogP contribution in [0.1, 0.15) is 26.2 Å². The lowest BCUT2D eigenvalue weighted by molar-refractivity contribution is -0.121. The second-order valence-corrected chi connectivity index (χ2v) is 5.68. The fraction of sp³-hybridized carbons (Fsp3) is 0.500. The van der Waals surface area contributed by atoms with E-state index in [1.54, 1.807) is 0 Å². The topological polar surface area (TPSA) is 32.3 Å². The molecule has 1 aliphatic rings. The van der Waals surface area contributed by atoms with E-state index in [-0.39, 0.29) is 11.9 Å². The number of halogens is 1. The number of anilines is 1. The predicted octanol–water partition coefficient (Wildman–Crippen LogP) is 3.26. The van der Waals surface area contributed by atoms with Crippen molar-refractivity contribution in [1.82, 2.24) is 4.90 Å². The summed E-state index contributed by atoms with van der Waals surface area (Å²) >= 11 is 3.38. The lowest BCUT2D eigenvalue weighted by Gasteiger charge is -2.31. The lowest BCUT2D eigenvalue weighted by Crippen LogP contribution is -2.44. The molecule has 0 saturated carbocycles. The van der Waals surface area contributed by atoms with Crippen molar-refractivity contribution in [3.05, 3.63) is 28.7 Å². The molecule has 1 aromatic rings. The second-order valence-electron chi connectivity index (χ2n) is 4.77. The molecule has 3 nitrogen and oxygen atoms in total. The average molecular weight is 311 g/mol. The van der Waals surface area contributed by atoms with E-state index in [0.29, 0.717) is 0 Å². The molecule has 0 radical (unpaired) electrons. The normalized spacial score (nSPS) is 18.3. The van der Waals surface area contributed by atoms with Crippen molar-refractivity contribution in [1.29, 1.82) is 0 Å². The zero-order valence-corrected chi connectivity index (χ0v) is 12.2. The Morgan fingerprint density at radius 3 is 2.44 bits per heavy atom. The average Bonchev–Trinajstić information content (AvgIpc) is 2.41. The fourth-order valence-corrected chi connectivity index (χ4v) is 2.52. The number of amides is 1. The maximum absolute atomic E-state index is 12.1. The highest BCUT2D eigenvalue weighted by Crippen LogP contribution is 2.16. The van der Waals surface area contributed by atoms with Gasteiger partial charge in [0.2, 0.25) is 5.91 Å². The molecule has 0 bridgehead atoms. The van der Waals surface area contributed by atoms with Crippen LogP contribution in [0.4, 0.5) is 5.69 Å². The molecule has 0 aromatic heterocycles. The third-order valence-electron chi connectivity index (χ3n) is 3.43. The van der Waals surface area contributed by atoms with Crippen LogP contribution in [0.2, 0.25) is 0 Å². The molecule has 1 amide bonds. The highest BCUT2D eigenvalue weighted by Gasteiger charge is 2.22. The smallest absolute Gasteiger partial charge is 0.241 e. The van der Waals surface area contributed by atoms with E-state index in [2.05, 4.69) is 26.1 Å². The molecule has 1 heterocycles. The van der Waals surface area contributed by atoms with Crippen molar-refractivity contribution in [2.45, 2.75) is 32.2 Å². The van der Waals surface area contributed by atoms with Crippen LogP contribution in [0.3, 0.4) is 0 Å². The van der Waals surface area contributed by atoms with Crippen molar-refractivity contribution >= 4 is 27.5 Å². The minimum Gasteiger partial charge on any atom is -0.325 e. The van der Waals surface area contributed by atoms with Crippen molar-refractivity contribution < 1.29 is 4.79 Å². The largest absolute Gasteiger partial charge is 0.325 e. The van der Waals surface area contributed by atoms with Crippen molar-refractivity contribution in [2.24, 2.45) is 0 Å². The Morgan fingerprint density at radius 2 is 1.83 bits per heavy atom. The Kier molecular flexibility index (Phi) is 4.78. The van der Waals surface area contributed by atoms with E-state index in [1.807, 2.05) is 31.2 Å². The fourth-order valence-electron chi connectivity index (χ4n) is 2.25. The molecule has 1 saturated heterocycles. The molecule has 4 heteroatoms. The van der Waals surface area contributed by atoms with E-state index in [9.17, 15) is 4.79 Å². The SMILES string of the molecule is CC(C(=O)Nc1ccc(Br)cc1)N1CCCCC1. The zero-order chi connectivity index (χ0) is 13.0. The second kappa shape index (κ2) is 6.34. The van der Waals surface area contributed by atoms with Crippen LogP contribution in [0, 0.1) is 0 Å². The van der Waals surface area contributed by atoms with E-state index >= 15 is 0 Å². The quantitative estimate of drug-likeness (QED) is 0.929. The summed E-state index contributed by atoms with van der Waals surface area (Å²) in [6, 6.07) is 7.63. The summed E-state index contributed by atoms with van der Waals surface area (Å²) in [6.07, 6.45) is 3.70. The Morgan fingerprint density at radius 1 is 1.22 bits per heavy atom. The van der Waals surface area contributed by atoms with E-state index < -0.39 is 0 Å². The summed E-state index contributed by atoms with van der Waals surface area (Å²) in [5.74, 6) is 0.0826. The Balaban J connectivity index is 1.92.